The molecular formula is C8H14O6. The molecular weight excluding hydrogens is 192 g/mol. The maximum Gasteiger partial charge on any atom is 0.306 e. The van der Waals surface area contributed by atoms with E-state index in [1.807, 2.05) is 0 Å². The van der Waals surface area contributed by atoms with E-state index in [0.29, 0.717) is 0 Å². The molecule has 0 radical (unpaired) electrons. The van der Waals surface area contributed by atoms with Gasteiger partial charge in [0.15, 0.2) is 0 Å². The van der Waals surface area contributed by atoms with Crippen molar-refractivity contribution >= 4 is 11.9 Å². The summed E-state index contributed by atoms with van der Waals surface area (Å²) in [5.41, 5.74) is 0. The van der Waals surface area contributed by atoms with E-state index in [-0.39, 0.29) is 19.4 Å². The molecule has 0 aliphatic heterocycles. The maximum atomic E-state index is 10.8. The van der Waals surface area contributed by atoms with Crippen LogP contribution in [0.5, 0.6) is 0 Å². The topological polar surface area (TPSA) is 104 Å². The van der Waals surface area contributed by atoms with E-state index in [0.717, 1.165) is 0 Å². The predicted octanol–water partition coefficient (Wildman–Crippen LogP) is -0.864. The second-order valence-corrected chi connectivity index (χ2v) is 2.88. The van der Waals surface area contributed by atoms with Crippen molar-refractivity contribution in [2.24, 2.45) is 0 Å². The third-order valence-corrected chi connectivity index (χ3v) is 1.51. The number of aliphatic carboxylic acids is 1. The zero-order valence-corrected chi connectivity index (χ0v) is 7.84. The van der Waals surface area contributed by atoms with Crippen LogP contribution in [0.3, 0.4) is 0 Å². The van der Waals surface area contributed by atoms with Crippen molar-refractivity contribution in [3.05, 3.63) is 0 Å². The summed E-state index contributed by atoms with van der Waals surface area (Å²) in [6.45, 7) is 1.03. The summed E-state index contributed by atoms with van der Waals surface area (Å²) in [5, 5.41) is 26.1. The number of carbonyl (C=O) groups is 2. The summed E-state index contributed by atoms with van der Waals surface area (Å²) >= 11 is 0. The van der Waals surface area contributed by atoms with Gasteiger partial charge in [-0.3, -0.25) is 9.59 Å². The quantitative estimate of drug-likeness (QED) is 0.488. The van der Waals surface area contributed by atoms with Gasteiger partial charge in [0, 0.05) is 0 Å². The first-order valence-corrected chi connectivity index (χ1v) is 4.17. The molecule has 0 aromatic carbocycles. The van der Waals surface area contributed by atoms with Crippen molar-refractivity contribution < 1.29 is 29.6 Å². The number of carbonyl (C=O) groups excluding carboxylic acids is 1. The Morgan fingerprint density at radius 3 is 2.29 bits per heavy atom. The Hall–Kier alpha value is -1.14. The number of aliphatic hydroxyl groups is 2. The van der Waals surface area contributed by atoms with Gasteiger partial charge in [0.25, 0.3) is 0 Å². The molecule has 2 unspecified atom stereocenters. The lowest BCUT2D eigenvalue weighted by Crippen LogP contribution is -2.29. The molecule has 2 atom stereocenters. The van der Waals surface area contributed by atoms with E-state index >= 15 is 0 Å². The highest BCUT2D eigenvalue weighted by molar-refractivity contribution is 5.76. The zero-order valence-electron chi connectivity index (χ0n) is 7.84. The first-order chi connectivity index (χ1) is 6.43. The van der Waals surface area contributed by atoms with Gasteiger partial charge < -0.3 is 20.1 Å². The van der Waals surface area contributed by atoms with Crippen LogP contribution in [0.2, 0.25) is 0 Å². The molecule has 0 aromatic heterocycles. The fourth-order valence-electron chi connectivity index (χ4n) is 0.599. The molecule has 0 amide bonds. The second kappa shape index (κ2) is 6.33. The van der Waals surface area contributed by atoms with Gasteiger partial charge in [-0.15, -0.1) is 0 Å². The summed E-state index contributed by atoms with van der Waals surface area (Å²) < 4.78 is 4.50. The summed E-state index contributed by atoms with van der Waals surface area (Å²) in [5.74, 6) is -1.79. The lowest BCUT2D eigenvalue weighted by atomic mass is 10.2. The maximum absolute atomic E-state index is 10.8. The van der Waals surface area contributed by atoms with Gasteiger partial charge in [-0.1, -0.05) is 0 Å². The van der Waals surface area contributed by atoms with Crippen LogP contribution in [0.1, 0.15) is 19.8 Å². The molecule has 0 rings (SSSR count). The Kier molecular flexibility index (Phi) is 5.82. The van der Waals surface area contributed by atoms with E-state index in [9.17, 15) is 9.59 Å². The molecule has 0 aromatic rings. The molecule has 6 nitrogen and oxygen atoms in total. The Morgan fingerprint density at radius 2 is 1.86 bits per heavy atom. The van der Waals surface area contributed by atoms with Crippen molar-refractivity contribution in [1.82, 2.24) is 0 Å². The van der Waals surface area contributed by atoms with Gasteiger partial charge in [-0.05, 0) is 6.92 Å². The Balaban J connectivity index is 3.58. The molecule has 14 heavy (non-hydrogen) atoms. The van der Waals surface area contributed by atoms with Crippen LogP contribution < -0.4 is 0 Å². The van der Waals surface area contributed by atoms with E-state index < -0.39 is 24.1 Å². The van der Waals surface area contributed by atoms with Crippen molar-refractivity contribution in [3.63, 3.8) is 0 Å². The molecule has 0 aliphatic rings. The van der Waals surface area contributed by atoms with Crippen molar-refractivity contribution in [2.45, 2.75) is 32.0 Å². The number of carboxylic acids is 1. The predicted molar refractivity (Wildman–Crippen MR) is 45.5 cm³/mol. The fraction of sp³-hybridized carbons (Fsp3) is 0.750. The number of ether oxygens (including phenoxy) is 1. The van der Waals surface area contributed by atoms with Crippen LogP contribution in [0.15, 0.2) is 0 Å². The minimum absolute atomic E-state index is 0.234. The van der Waals surface area contributed by atoms with Crippen molar-refractivity contribution in [1.29, 1.82) is 0 Å². The van der Waals surface area contributed by atoms with E-state index in [1.165, 1.54) is 6.92 Å². The molecule has 82 valence electrons. The lowest BCUT2D eigenvalue weighted by Gasteiger charge is -2.13. The van der Waals surface area contributed by atoms with Crippen LogP contribution in [0.25, 0.3) is 0 Å². The molecule has 3 N–H and O–H groups in total. The number of aliphatic hydroxyl groups excluding tert-OH is 2. The molecule has 0 aliphatic carbocycles. The van der Waals surface area contributed by atoms with Crippen LogP contribution in [0, 0.1) is 0 Å². The van der Waals surface area contributed by atoms with Gasteiger partial charge >= 0.3 is 11.9 Å². The molecule has 0 saturated heterocycles. The zero-order chi connectivity index (χ0) is 11.1. The van der Waals surface area contributed by atoms with Gasteiger partial charge in [-0.2, -0.15) is 0 Å². The minimum Gasteiger partial charge on any atom is -0.481 e. The summed E-state index contributed by atoms with van der Waals surface area (Å²) in [6.07, 6.45) is -2.66. The smallest absolute Gasteiger partial charge is 0.306 e. The summed E-state index contributed by atoms with van der Waals surface area (Å²) in [7, 11) is 0. The normalized spacial score (nSPS) is 14.5. The molecule has 0 fully saturated rings. The van der Waals surface area contributed by atoms with Crippen LogP contribution in [-0.4, -0.2) is 46.1 Å². The molecule has 0 saturated carbocycles. The Labute approximate surface area is 81.1 Å². The largest absolute Gasteiger partial charge is 0.481 e. The average Bonchev–Trinajstić information content (AvgIpc) is 2.10. The Morgan fingerprint density at radius 1 is 1.29 bits per heavy atom. The lowest BCUT2D eigenvalue weighted by molar-refractivity contribution is -0.151. The number of hydrogen-bond donors (Lipinski definition) is 3. The monoisotopic (exact) mass is 206 g/mol. The van der Waals surface area contributed by atoms with Crippen molar-refractivity contribution in [2.75, 3.05) is 6.61 Å². The Bertz CT molecular complexity index is 200. The highest BCUT2D eigenvalue weighted by Gasteiger charge is 2.14. The standard InChI is InChI=1S/C8H14O6/c1-5(9)6(10)4-14-8(13)3-2-7(11)12/h5-6,9-10H,2-4H2,1H3,(H,11,12). The van der Waals surface area contributed by atoms with Crippen LogP contribution >= 0.6 is 0 Å². The number of rotatable bonds is 6. The van der Waals surface area contributed by atoms with E-state index in [1.54, 1.807) is 0 Å². The average molecular weight is 206 g/mol. The van der Waals surface area contributed by atoms with E-state index in [2.05, 4.69) is 4.74 Å². The SMILES string of the molecule is CC(O)C(O)COC(=O)CCC(=O)O. The molecule has 6 heteroatoms. The molecule has 0 heterocycles. The molecule has 0 spiro atoms. The fourth-order valence-corrected chi connectivity index (χ4v) is 0.599. The number of esters is 1. The highest BCUT2D eigenvalue weighted by atomic mass is 16.5. The second-order valence-electron chi connectivity index (χ2n) is 2.88. The highest BCUT2D eigenvalue weighted by Crippen LogP contribution is 1.97. The van der Waals surface area contributed by atoms with Crippen LogP contribution in [-0.2, 0) is 14.3 Å². The number of carboxylic acid groups (broad SMARTS) is 1. The third-order valence-electron chi connectivity index (χ3n) is 1.51. The van der Waals surface area contributed by atoms with Gasteiger partial charge in [0.2, 0.25) is 0 Å². The van der Waals surface area contributed by atoms with Gasteiger partial charge in [-0.25, -0.2) is 0 Å². The van der Waals surface area contributed by atoms with E-state index in [4.69, 9.17) is 15.3 Å². The number of hydrogen-bond acceptors (Lipinski definition) is 5. The van der Waals surface area contributed by atoms with Crippen LogP contribution in [0.4, 0.5) is 0 Å². The first-order valence-electron chi connectivity index (χ1n) is 4.17. The van der Waals surface area contributed by atoms with Gasteiger partial charge in [0.05, 0.1) is 18.9 Å². The molecule has 0 bridgehead atoms. The third kappa shape index (κ3) is 6.38. The summed E-state index contributed by atoms with van der Waals surface area (Å²) in [4.78, 5) is 20.8. The summed E-state index contributed by atoms with van der Waals surface area (Å²) in [6, 6.07) is 0. The van der Waals surface area contributed by atoms with Crippen molar-refractivity contribution in [3.8, 4) is 0 Å². The minimum atomic E-state index is -1.14. The van der Waals surface area contributed by atoms with Gasteiger partial charge in [0.1, 0.15) is 12.7 Å². The first kappa shape index (κ1) is 12.9.